The maximum absolute atomic E-state index is 13.7. The van der Waals surface area contributed by atoms with Crippen molar-refractivity contribution in [3.63, 3.8) is 0 Å². The van der Waals surface area contributed by atoms with Gasteiger partial charge in [-0.2, -0.15) is 13.1 Å². The summed E-state index contributed by atoms with van der Waals surface area (Å²) in [4.78, 5) is 10.6. The van der Waals surface area contributed by atoms with E-state index in [0.29, 0.717) is 0 Å². The Balaban J connectivity index is 2.07. The quantitative estimate of drug-likeness (QED) is 0.310. The van der Waals surface area contributed by atoms with Gasteiger partial charge in [-0.05, 0) is 25.1 Å². The van der Waals surface area contributed by atoms with E-state index < -0.39 is 62.7 Å². The number of ether oxygens (including phenoxy) is 2. The van der Waals surface area contributed by atoms with Gasteiger partial charge in [-0.15, -0.1) is 5.10 Å². The Morgan fingerprint density at radius 3 is 2.67 bits per heavy atom. The van der Waals surface area contributed by atoms with Crippen molar-refractivity contribution in [2.75, 3.05) is 36.4 Å². The molecule has 0 radical (unpaired) electrons. The second-order valence-electron chi connectivity index (χ2n) is 7.29. The molecule has 0 fully saturated rings. The van der Waals surface area contributed by atoms with Crippen LogP contribution in [0.15, 0.2) is 29.3 Å². The molecule has 2 aromatic rings. The lowest BCUT2D eigenvalue weighted by molar-refractivity contribution is 0.121. The molecule has 1 aliphatic heterocycles. The Kier molecular flexibility index (Phi) is 8.22. The van der Waals surface area contributed by atoms with Gasteiger partial charge in [0.2, 0.25) is 0 Å². The molecule has 0 saturated heterocycles. The van der Waals surface area contributed by atoms with Gasteiger partial charge in [0.15, 0.2) is 4.90 Å². The maximum Gasteiger partial charge on any atom is 0.409 e. The number of amides is 1. The number of halogens is 2. The summed E-state index contributed by atoms with van der Waals surface area (Å²) in [6.45, 7) is -0.0673. The van der Waals surface area contributed by atoms with Gasteiger partial charge >= 0.3 is 6.09 Å². The van der Waals surface area contributed by atoms with Gasteiger partial charge < -0.3 is 14.6 Å². The summed E-state index contributed by atoms with van der Waals surface area (Å²) in [5.41, 5.74) is -0.0455. The minimum absolute atomic E-state index is 0.00495. The maximum atomic E-state index is 13.7. The first-order chi connectivity index (χ1) is 16.9. The van der Waals surface area contributed by atoms with Gasteiger partial charge in [-0.3, -0.25) is 14.3 Å². The highest BCUT2D eigenvalue weighted by Gasteiger charge is 2.38. The molecule has 1 unspecified atom stereocenters. The minimum Gasteiger partial charge on any atom is -0.485 e. The lowest BCUT2D eigenvalue weighted by Crippen LogP contribution is -2.49. The van der Waals surface area contributed by atoms with Gasteiger partial charge in [0.25, 0.3) is 32.5 Å². The lowest BCUT2D eigenvalue weighted by atomic mass is 10.2. The van der Waals surface area contributed by atoms with Crippen LogP contribution in [0.1, 0.15) is 6.92 Å². The third-order valence-electron chi connectivity index (χ3n) is 4.78. The van der Waals surface area contributed by atoms with Gasteiger partial charge in [0.05, 0.1) is 25.4 Å². The van der Waals surface area contributed by atoms with Crippen molar-refractivity contribution in [1.82, 2.24) is 19.2 Å². The number of nitrogens with one attached hydrogen (secondary N) is 3. The Labute approximate surface area is 205 Å². The molecule has 2 heterocycles. The number of aromatic nitrogens is 2. The number of hydrogen-bond donors (Lipinski definition) is 4. The molecule has 18 heteroatoms. The standard InChI is InChI=1S/C18H24F2N6O8S2/c1-3-33-17-15(9-25(24-17)10-16(19)20)35(29,30)26-8-12(7-22-36(31,32)21-2)34-14-5-4-11(6-13(14)26)23-18(27)28/h4-6,9,12,16,21-23H,3,7-8,10H2,1-2H3,(H,27,28). The van der Waals surface area contributed by atoms with Gasteiger partial charge in [0, 0.05) is 18.9 Å². The van der Waals surface area contributed by atoms with Crippen LogP contribution in [0.4, 0.5) is 25.0 Å². The molecule has 0 spiro atoms. The molecule has 36 heavy (non-hydrogen) atoms. The molecule has 0 bridgehead atoms. The van der Waals surface area contributed by atoms with E-state index in [1.54, 1.807) is 6.92 Å². The number of hydrogen-bond acceptors (Lipinski definition) is 8. The average molecular weight is 555 g/mol. The number of rotatable bonds is 11. The summed E-state index contributed by atoms with van der Waals surface area (Å²) in [6.07, 6.45) is -4.32. The molecule has 3 rings (SSSR count). The third-order valence-corrected chi connectivity index (χ3v) is 7.63. The van der Waals surface area contributed by atoms with Crippen LogP contribution in [0.2, 0.25) is 0 Å². The molecule has 14 nitrogen and oxygen atoms in total. The highest BCUT2D eigenvalue weighted by atomic mass is 32.2. The zero-order valence-corrected chi connectivity index (χ0v) is 20.6. The predicted molar refractivity (Wildman–Crippen MR) is 122 cm³/mol. The number of anilines is 2. The van der Waals surface area contributed by atoms with E-state index in [4.69, 9.17) is 14.6 Å². The highest BCUT2D eigenvalue weighted by molar-refractivity contribution is 7.93. The molecule has 1 amide bonds. The summed E-state index contributed by atoms with van der Waals surface area (Å²) in [6, 6.07) is 3.84. The fourth-order valence-corrected chi connectivity index (χ4v) is 5.40. The molecule has 1 aromatic heterocycles. The topological polar surface area (TPSA) is 181 Å². The van der Waals surface area contributed by atoms with Crippen LogP contribution < -0.4 is 28.5 Å². The molecule has 200 valence electrons. The zero-order chi connectivity index (χ0) is 26.7. The van der Waals surface area contributed by atoms with E-state index in [-0.39, 0.29) is 30.3 Å². The largest absolute Gasteiger partial charge is 0.485 e. The summed E-state index contributed by atoms with van der Waals surface area (Å²) >= 11 is 0. The summed E-state index contributed by atoms with van der Waals surface area (Å²) in [7, 11) is -7.24. The van der Waals surface area contributed by atoms with E-state index in [1.807, 2.05) is 0 Å². The molecular weight excluding hydrogens is 530 g/mol. The van der Waals surface area contributed by atoms with Crippen molar-refractivity contribution >= 4 is 37.7 Å². The van der Waals surface area contributed by atoms with E-state index >= 15 is 0 Å². The Bertz CT molecular complexity index is 1320. The number of nitrogens with zero attached hydrogens (tertiary/aromatic N) is 3. The van der Waals surface area contributed by atoms with Crippen molar-refractivity contribution in [1.29, 1.82) is 0 Å². The van der Waals surface area contributed by atoms with Crippen LogP contribution in [-0.4, -0.2) is 77.1 Å². The Hall–Kier alpha value is -3.22. The van der Waals surface area contributed by atoms with Crippen LogP contribution in [0.5, 0.6) is 11.6 Å². The molecular formula is C18H24F2N6O8S2. The molecule has 0 saturated carbocycles. The van der Waals surface area contributed by atoms with Crippen molar-refractivity contribution in [2.24, 2.45) is 0 Å². The summed E-state index contributed by atoms with van der Waals surface area (Å²) in [5.74, 6) is -0.397. The van der Waals surface area contributed by atoms with Crippen molar-refractivity contribution < 1.29 is 45.0 Å². The Morgan fingerprint density at radius 2 is 2.06 bits per heavy atom. The van der Waals surface area contributed by atoms with Crippen molar-refractivity contribution in [3.8, 4) is 11.6 Å². The van der Waals surface area contributed by atoms with Crippen molar-refractivity contribution in [3.05, 3.63) is 24.4 Å². The summed E-state index contributed by atoms with van der Waals surface area (Å²) < 4.78 is 93.7. The van der Waals surface area contributed by atoms with Crippen LogP contribution in [-0.2, 0) is 26.8 Å². The first-order valence-corrected chi connectivity index (χ1v) is 13.3. The third kappa shape index (κ3) is 6.31. The van der Waals surface area contributed by atoms with E-state index in [9.17, 15) is 30.4 Å². The van der Waals surface area contributed by atoms with Crippen LogP contribution in [0.25, 0.3) is 0 Å². The van der Waals surface area contributed by atoms with Crippen LogP contribution >= 0.6 is 0 Å². The zero-order valence-electron chi connectivity index (χ0n) is 19.0. The second kappa shape index (κ2) is 10.8. The normalized spacial score (nSPS) is 15.9. The summed E-state index contributed by atoms with van der Waals surface area (Å²) in [5, 5.41) is 14.9. The van der Waals surface area contributed by atoms with Crippen molar-refractivity contribution in [2.45, 2.75) is 30.9 Å². The minimum atomic E-state index is -4.55. The number of carboxylic acid groups (broad SMARTS) is 1. The smallest absolute Gasteiger partial charge is 0.409 e. The number of carbonyl (C=O) groups is 1. The SMILES string of the molecule is CCOc1nn(CC(F)F)cc1S(=O)(=O)N1CC(CNS(=O)(=O)NC)Oc2ccc(NC(=O)O)cc21. The van der Waals surface area contributed by atoms with Gasteiger partial charge in [-0.1, -0.05) is 0 Å². The van der Waals surface area contributed by atoms with Crippen LogP contribution in [0.3, 0.4) is 0 Å². The first-order valence-electron chi connectivity index (χ1n) is 10.4. The average Bonchev–Trinajstić information content (AvgIpc) is 3.19. The molecule has 1 aromatic carbocycles. The van der Waals surface area contributed by atoms with Crippen LogP contribution in [0, 0.1) is 0 Å². The number of benzene rings is 1. The fourth-order valence-electron chi connectivity index (χ4n) is 3.27. The Morgan fingerprint density at radius 1 is 1.33 bits per heavy atom. The lowest BCUT2D eigenvalue weighted by Gasteiger charge is -2.35. The predicted octanol–water partition coefficient (Wildman–Crippen LogP) is 0.647. The monoisotopic (exact) mass is 554 g/mol. The first kappa shape index (κ1) is 27.4. The number of sulfonamides is 1. The second-order valence-corrected chi connectivity index (χ2v) is 10.8. The number of fused-ring (bicyclic) bond motifs is 1. The molecule has 4 N–H and O–H groups in total. The van der Waals surface area contributed by atoms with E-state index in [0.717, 1.165) is 15.2 Å². The highest BCUT2D eigenvalue weighted by Crippen LogP contribution is 2.40. The van der Waals surface area contributed by atoms with Gasteiger partial charge in [-0.25, -0.2) is 26.7 Å². The van der Waals surface area contributed by atoms with E-state index in [2.05, 4.69) is 19.9 Å². The number of alkyl halides is 2. The van der Waals surface area contributed by atoms with Gasteiger partial charge in [0.1, 0.15) is 18.4 Å². The molecule has 0 aliphatic carbocycles. The van der Waals surface area contributed by atoms with E-state index in [1.165, 1.54) is 25.2 Å². The molecule has 1 aliphatic rings. The molecule has 1 atom stereocenters. The fraction of sp³-hybridized carbons (Fsp3) is 0.444.